The van der Waals surface area contributed by atoms with Gasteiger partial charge < -0.3 is 20.4 Å². The average molecular weight is 377 g/mol. The first kappa shape index (κ1) is 18.5. The number of aromatic nitrogens is 2. The highest BCUT2D eigenvalue weighted by Gasteiger charge is 2.23. The van der Waals surface area contributed by atoms with Gasteiger partial charge in [-0.05, 0) is 24.9 Å². The molecule has 0 spiro atoms. The molecule has 0 bridgehead atoms. The Bertz CT molecular complexity index is 943. The molecule has 6 heteroatoms. The van der Waals surface area contributed by atoms with Crippen molar-refractivity contribution in [3.05, 3.63) is 48.8 Å². The van der Waals surface area contributed by atoms with Crippen molar-refractivity contribution in [2.24, 2.45) is 0 Å². The molecule has 0 aliphatic carbocycles. The SMILES string of the molecule is CCN1CCN(c2ncnc(N(CC)c3cccc4ccccc34)c2N)CC1. The lowest BCUT2D eigenvalue weighted by molar-refractivity contribution is 0.270. The van der Waals surface area contributed by atoms with Crippen LogP contribution < -0.4 is 15.5 Å². The summed E-state index contributed by atoms with van der Waals surface area (Å²) in [4.78, 5) is 16.0. The Kier molecular flexibility index (Phi) is 5.30. The molecule has 2 N–H and O–H groups in total. The van der Waals surface area contributed by atoms with Crippen LogP contribution in [0.3, 0.4) is 0 Å². The van der Waals surface area contributed by atoms with Crippen molar-refractivity contribution in [1.82, 2.24) is 14.9 Å². The van der Waals surface area contributed by atoms with Crippen molar-refractivity contribution in [1.29, 1.82) is 0 Å². The van der Waals surface area contributed by atoms with E-state index >= 15 is 0 Å². The minimum absolute atomic E-state index is 0.655. The highest BCUT2D eigenvalue weighted by atomic mass is 15.3. The zero-order valence-corrected chi connectivity index (χ0v) is 16.7. The van der Waals surface area contributed by atoms with Crippen LogP contribution in [-0.4, -0.2) is 54.1 Å². The molecule has 1 fully saturated rings. The number of fused-ring (bicyclic) bond motifs is 1. The molecule has 1 saturated heterocycles. The summed E-state index contributed by atoms with van der Waals surface area (Å²) in [5.74, 6) is 1.63. The maximum absolute atomic E-state index is 6.62. The number of hydrogen-bond acceptors (Lipinski definition) is 6. The molecule has 2 aromatic carbocycles. The van der Waals surface area contributed by atoms with Crippen LogP contribution in [0, 0.1) is 0 Å². The van der Waals surface area contributed by atoms with Crippen LogP contribution in [0.4, 0.5) is 23.0 Å². The smallest absolute Gasteiger partial charge is 0.161 e. The summed E-state index contributed by atoms with van der Waals surface area (Å²) < 4.78 is 0. The van der Waals surface area contributed by atoms with E-state index in [2.05, 4.69) is 81.0 Å². The number of nitrogens with two attached hydrogens (primary N) is 1. The van der Waals surface area contributed by atoms with Crippen LogP contribution >= 0.6 is 0 Å². The fraction of sp³-hybridized carbons (Fsp3) is 0.364. The van der Waals surface area contributed by atoms with Crippen molar-refractivity contribution in [2.75, 3.05) is 54.8 Å². The number of benzene rings is 2. The van der Waals surface area contributed by atoms with Gasteiger partial charge in [0.05, 0.1) is 5.69 Å². The Morgan fingerprint density at radius 3 is 2.46 bits per heavy atom. The van der Waals surface area contributed by atoms with Crippen molar-refractivity contribution < 1.29 is 0 Å². The minimum atomic E-state index is 0.655. The Morgan fingerprint density at radius 1 is 0.964 bits per heavy atom. The van der Waals surface area contributed by atoms with E-state index in [4.69, 9.17) is 5.73 Å². The zero-order chi connectivity index (χ0) is 19.5. The molecule has 0 amide bonds. The third-order valence-electron chi connectivity index (χ3n) is 5.59. The number of anilines is 4. The van der Waals surface area contributed by atoms with E-state index in [9.17, 15) is 0 Å². The molecular weight excluding hydrogens is 348 g/mol. The van der Waals surface area contributed by atoms with Crippen molar-refractivity contribution >= 4 is 33.8 Å². The van der Waals surface area contributed by atoms with Crippen molar-refractivity contribution in [2.45, 2.75) is 13.8 Å². The lowest BCUT2D eigenvalue weighted by Crippen LogP contribution is -2.46. The molecule has 0 saturated carbocycles. The molecule has 6 nitrogen and oxygen atoms in total. The molecular formula is C22H28N6. The second-order valence-corrected chi connectivity index (χ2v) is 7.10. The van der Waals surface area contributed by atoms with Crippen molar-refractivity contribution in [3.8, 4) is 0 Å². The first-order valence-corrected chi connectivity index (χ1v) is 10.1. The van der Waals surface area contributed by atoms with Crippen LogP contribution in [0.5, 0.6) is 0 Å². The molecule has 2 heterocycles. The molecule has 28 heavy (non-hydrogen) atoms. The van der Waals surface area contributed by atoms with E-state index in [-0.39, 0.29) is 0 Å². The van der Waals surface area contributed by atoms with Crippen LogP contribution in [0.15, 0.2) is 48.8 Å². The Morgan fingerprint density at radius 2 is 1.71 bits per heavy atom. The highest BCUT2D eigenvalue weighted by molar-refractivity contribution is 5.97. The number of rotatable bonds is 5. The van der Waals surface area contributed by atoms with Gasteiger partial charge >= 0.3 is 0 Å². The van der Waals surface area contributed by atoms with E-state index in [0.717, 1.165) is 56.6 Å². The minimum Gasteiger partial charge on any atom is -0.393 e. The fourth-order valence-electron chi connectivity index (χ4n) is 4.00. The molecule has 4 rings (SSSR count). The zero-order valence-electron chi connectivity index (χ0n) is 16.7. The number of nitrogens with zero attached hydrogens (tertiary/aromatic N) is 5. The first-order valence-electron chi connectivity index (χ1n) is 10.1. The average Bonchev–Trinajstić information content (AvgIpc) is 2.76. The largest absolute Gasteiger partial charge is 0.393 e. The van der Waals surface area contributed by atoms with E-state index in [0.29, 0.717) is 5.69 Å². The summed E-state index contributed by atoms with van der Waals surface area (Å²) >= 11 is 0. The Balaban J connectivity index is 1.72. The van der Waals surface area contributed by atoms with Gasteiger partial charge in [0.25, 0.3) is 0 Å². The number of hydrogen-bond donors (Lipinski definition) is 1. The van der Waals surface area contributed by atoms with E-state index < -0.39 is 0 Å². The topological polar surface area (TPSA) is 61.5 Å². The molecule has 146 valence electrons. The van der Waals surface area contributed by atoms with E-state index in [1.165, 1.54) is 10.8 Å². The van der Waals surface area contributed by atoms with Gasteiger partial charge in [-0.25, -0.2) is 9.97 Å². The van der Waals surface area contributed by atoms with Crippen LogP contribution in [0.1, 0.15) is 13.8 Å². The summed E-state index contributed by atoms with van der Waals surface area (Å²) in [6, 6.07) is 14.8. The molecule has 3 aromatic rings. The summed E-state index contributed by atoms with van der Waals surface area (Å²) in [5, 5.41) is 2.41. The standard InChI is InChI=1S/C22H28N6/c1-3-26-12-14-27(15-13-26)21-20(23)22(25-16-24-21)28(4-2)19-11-7-9-17-8-5-6-10-18(17)19/h5-11,16H,3-4,12-15,23H2,1-2H3. The summed E-state index contributed by atoms with van der Waals surface area (Å²) in [6.45, 7) is 10.1. The summed E-state index contributed by atoms with van der Waals surface area (Å²) in [5.41, 5.74) is 8.39. The van der Waals surface area contributed by atoms with Gasteiger partial charge in [0.1, 0.15) is 12.0 Å². The monoisotopic (exact) mass is 376 g/mol. The Labute approximate surface area is 166 Å². The first-order chi connectivity index (χ1) is 13.7. The van der Waals surface area contributed by atoms with Gasteiger partial charge in [-0.2, -0.15) is 0 Å². The summed E-state index contributed by atoms with van der Waals surface area (Å²) in [7, 11) is 0. The second kappa shape index (κ2) is 8.02. The third kappa shape index (κ3) is 3.36. The highest BCUT2D eigenvalue weighted by Crippen LogP contribution is 2.36. The van der Waals surface area contributed by atoms with Crippen molar-refractivity contribution in [3.63, 3.8) is 0 Å². The van der Waals surface area contributed by atoms with Gasteiger partial charge in [0.15, 0.2) is 11.6 Å². The maximum Gasteiger partial charge on any atom is 0.161 e. The predicted molar refractivity (Wildman–Crippen MR) is 117 cm³/mol. The Hall–Kier alpha value is -2.86. The van der Waals surface area contributed by atoms with Crippen LogP contribution in [0.2, 0.25) is 0 Å². The molecule has 1 aromatic heterocycles. The number of nitrogen functional groups attached to an aromatic ring is 1. The number of piperazine rings is 1. The molecule has 0 unspecified atom stereocenters. The second-order valence-electron chi connectivity index (χ2n) is 7.10. The van der Waals surface area contributed by atoms with E-state index in [1.54, 1.807) is 6.33 Å². The quantitative estimate of drug-likeness (QED) is 0.735. The molecule has 1 aliphatic heterocycles. The summed E-state index contributed by atoms with van der Waals surface area (Å²) in [6.07, 6.45) is 1.64. The normalized spacial score (nSPS) is 15.1. The van der Waals surface area contributed by atoms with Gasteiger partial charge in [-0.1, -0.05) is 43.3 Å². The molecule has 1 aliphatic rings. The van der Waals surface area contributed by atoms with Crippen LogP contribution in [0.25, 0.3) is 10.8 Å². The molecule has 0 radical (unpaired) electrons. The van der Waals surface area contributed by atoms with Gasteiger partial charge in [0.2, 0.25) is 0 Å². The molecule has 0 atom stereocenters. The van der Waals surface area contributed by atoms with E-state index in [1.807, 2.05) is 0 Å². The maximum atomic E-state index is 6.62. The van der Waals surface area contributed by atoms with Gasteiger partial charge in [0, 0.05) is 38.1 Å². The third-order valence-corrected chi connectivity index (χ3v) is 5.59. The lowest BCUT2D eigenvalue weighted by atomic mass is 10.1. The van der Waals surface area contributed by atoms with Gasteiger partial charge in [-0.15, -0.1) is 0 Å². The lowest BCUT2D eigenvalue weighted by Gasteiger charge is -2.35. The van der Waals surface area contributed by atoms with Crippen LogP contribution in [-0.2, 0) is 0 Å². The number of likely N-dealkylation sites (N-methyl/N-ethyl adjacent to an activating group) is 1. The van der Waals surface area contributed by atoms with Gasteiger partial charge in [-0.3, -0.25) is 0 Å². The predicted octanol–water partition coefficient (Wildman–Crippen LogP) is 3.51. The fourth-order valence-corrected chi connectivity index (χ4v) is 4.00.